The highest BCUT2D eigenvalue weighted by atomic mass is 32.2. The Balaban J connectivity index is 2.79. The van der Waals surface area contributed by atoms with Gasteiger partial charge in [-0.2, -0.15) is 0 Å². The summed E-state index contributed by atoms with van der Waals surface area (Å²) in [4.78, 5) is 10.4. The summed E-state index contributed by atoms with van der Waals surface area (Å²) in [5, 5.41) is 16.9. The summed E-state index contributed by atoms with van der Waals surface area (Å²) in [7, 11) is 0.892. The van der Waals surface area contributed by atoms with Gasteiger partial charge in [0.25, 0.3) is 5.69 Å². The first-order chi connectivity index (χ1) is 8.92. The molecule has 19 heavy (non-hydrogen) atoms. The molecule has 0 saturated heterocycles. The molecule has 0 amide bonds. The average Bonchev–Trinajstić information content (AvgIpc) is 2.35. The molecule has 0 aliphatic rings. The van der Waals surface area contributed by atoms with Crippen LogP contribution in [-0.4, -0.2) is 34.2 Å². The van der Waals surface area contributed by atoms with E-state index in [1.807, 2.05) is 13.0 Å². The highest BCUT2D eigenvalue weighted by molar-refractivity contribution is 7.84. The molecule has 0 aromatic heterocycles. The first-order valence-electron chi connectivity index (χ1n) is 5.96. The second-order valence-corrected chi connectivity index (χ2v) is 5.94. The number of rotatable bonds is 7. The second kappa shape index (κ2) is 7.08. The third kappa shape index (κ3) is 5.25. The van der Waals surface area contributed by atoms with E-state index in [1.54, 1.807) is 13.3 Å². The number of nitro benzene ring substituents is 1. The molecule has 0 heterocycles. The van der Waals surface area contributed by atoms with E-state index in [0.29, 0.717) is 17.1 Å². The van der Waals surface area contributed by atoms with Crippen molar-refractivity contribution < 1.29 is 9.13 Å². The van der Waals surface area contributed by atoms with Gasteiger partial charge in [-0.05, 0) is 19.4 Å². The molecule has 0 spiro atoms. The monoisotopic (exact) mass is 285 g/mol. The molecular weight excluding hydrogens is 266 g/mol. The summed E-state index contributed by atoms with van der Waals surface area (Å²) in [5.41, 5.74) is 1.41. The van der Waals surface area contributed by atoms with Gasteiger partial charge in [-0.1, -0.05) is 0 Å². The topological polar surface area (TPSA) is 84.3 Å². The molecule has 2 unspecified atom stereocenters. The highest BCUT2D eigenvalue weighted by Gasteiger charge is 2.11. The van der Waals surface area contributed by atoms with Crippen LogP contribution in [0, 0.1) is 10.1 Å². The van der Waals surface area contributed by atoms with Gasteiger partial charge in [-0.25, -0.2) is 0 Å². The number of benzene rings is 1. The molecule has 0 aliphatic carbocycles. The van der Waals surface area contributed by atoms with Crippen molar-refractivity contribution in [1.82, 2.24) is 0 Å². The molecule has 2 N–H and O–H groups in total. The van der Waals surface area contributed by atoms with E-state index < -0.39 is 15.7 Å². The summed E-state index contributed by atoms with van der Waals surface area (Å²) in [6.07, 6.45) is 2.42. The van der Waals surface area contributed by atoms with Gasteiger partial charge >= 0.3 is 0 Å². The largest absolute Gasteiger partial charge is 0.388 e. The molecule has 0 radical (unpaired) electrons. The van der Waals surface area contributed by atoms with Crippen LogP contribution >= 0.6 is 0 Å². The van der Waals surface area contributed by atoms with E-state index in [2.05, 4.69) is 10.6 Å². The SMILES string of the molecule is CNc1cc(NC(C)CCS(C)=O)cc([N+](=O)[O-])c1. The number of non-ortho nitro benzene ring substituents is 1. The molecule has 0 bridgehead atoms. The molecule has 1 aromatic rings. The predicted molar refractivity (Wildman–Crippen MR) is 79.3 cm³/mol. The van der Waals surface area contributed by atoms with E-state index in [0.717, 1.165) is 6.42 Å². The quantitative estimate of drug-likeness (QED) is 0.592. The summed E-state index contributed by atoms with van der Waals surface area (Å²) in [6.45, 7) is 1.96. The molecule has 1 aromatic carbocycles. The lowest BCUT2D eigenvalue weighted by atomic mass is 10.2. The van der Waals surface area contributed by atoms with Gasteiger partial charge in [0.2, 0.25) is 0 Å². The Morgan fingerprint density at radius 3 is 2.53 bits per heavy atom. The zero-order valence-corrected chi connectivity index (χ0v) is 12.1. The maximum atomic E-state index is 11.0. The number of hydrogen-bond acceptors (Lipinski definition) is 5. The Morgan fingerprint density at radius 2 is 2.00 bits per heavy atom. The van der Waals surface area contributed by atoms with Crippen LogP contribution < -0.4 is 10.6 Å². The van der Waals surface area contributed by atoms with Gasteiger partial charge in [-0.3, -0.25) is 14.3 Å². The van der Waals surface area contributed by atoms with Crippen molar-refractivity contribution >= 4 is 27.9 Å². The normalized spacial score (nSPS) is 13.6. The lowest BCUT2D eigenvalue weighted by Gasteiger charge is -2.15. The summed E-state index contributed by atoms with van der Waals surface area (Å²) < 4.78 is 11.0. The first-order valence-corrected chi connectivity index (χ1v) is 7.69. The number of hydrogen-bond donors (Lipinski definition) is 2. The van der Waals surface area contributed by atoms with E-state index in [-0.39, 0.29) is 11.7 Å². The Bertz CT molecular complexity index is 479. The Morgan fingerprint density at radius 1 is 1.37 bits per heavy atom. The number of anilines is 2. The fourth-order valence-corrected chi connectivity index (χ4v) is 2.33. The second-order valence-electron chi connectivity index (χ2n) is 4.39. The molecule has 0 aliphatic heterocycles. The molecule has 0 fully saturated rings. The summed E-state index contributed by atoms with van der Waals surface area (Å²) >= 11 is 0. The van der Waals surface area contributed by atoms with Gasteiger partial charge in [0.15, 0.2) is 0 Å². The van der Waals surface area contributed by atoms with Crippen molar-refractivity contribution in [2.45, 2.75) is 19.4 Å². The van der Waals surface area contributed by atoms with E-state index in [9.17, 15) is 14.3 Å². The predicted octanol–water partition coefficient (Wildman–Crippen LogP) is 2.21. The maximum absolute atomic E-state index is 11.0. The third-order valence-corrected chi connectivity index (χ3v) is 3.48. The number of nitro groups is 1. The van der Waals surface area contributed by atoms with Crippen molar-refractivity contribution in [1.29, 1.82) is 0 Å². The van der Waals surface area contributed by atoms with Crippen molar-refractivity contribution in [3.63, 3.8) is 0 Å². The number of nitrogens with zero attached hydrogens (tertiary/aromatic N) is 1. The van der Waals surface area contributed by atoms with E-state index >= 15 is 0 Å². The van der Waals surface area contributed by atoms with Gasteiger partial charge in [0, 0.05) is 59.4 Å². The lowest BCUT2D eigenvalue weighted by Crippen LogP contribution is -2.18. The smallest absolute Gasteiger partial charge is 0.273 e. The molecule has 2 atom stereocenters. The van der Waals surface area contributed by atoms with Gasteiger partial charge in [-0.15, -0.1) is 0 Å². The minimum atomic E-state index is -0.822. The molecule has 7 heteroatoms. The minimum absolute atomic E-state index is 0.0422. The van der Waals surface area contributed by atoms with Crippen LogP contribution in [0.4, 0.5) is 17.1 Å². The van der Waals surface area contributed by atoms with Crippen molar-refractivity contribution in [2.24, 2.45) is 0 Å². The minimum Gasteiger partial charge on any atom is -0.388 e. The summed E-state index contributed by atoms with van der Waals surface area (Å²) in [6, 6.07) is 4.90. The molecule has 0 saturated carbocycles. The third-order valence-electron chi connectivity index (χ3n) is 2.67. The zero-order valence-electron chi connectivity index (χ0n) is 11.3. The Kier molecular flexibility index (Phi) is 5.75. The van der Waals surface area contributed by atoms with Gasteiger partial charge in [0.05, 0.1) is 4.92 Å². The van der Waals surface area contributed by atoms with Gasteiger partial charge < -0.3 is 10.6 Å². The first kappa shape index (κ1) is 15.4. The fraction of sp³-hybridized carbons (Fsp3) is 0.500. The van der Waals surface area contributed by atoms with Gasteiger partial charge in [0.1, 0.15) is 0 Å². The molecule has 1 rings (SSSR count). The lowest BCUT2D eigenvalue weighted by molar-refractivity contribution is -0.384. The van der Waals surface area contributed by atoms with Crippen LogP contribution in [0.1, 0.15) is 13.3 Å². The van der Waals surface area contributed by atoms with Crippen LogP contribution in [-0.2, 0) is 10.8 Å². The van der Waals surface area contributed by atoms with Crippen molar-refractivity contribution in [2.75, 3.05) is 29.7 Å². The van der Waals surface area contributed by atoms with Crippen molar-refractivity contribution in [3.05, 3.63) is 28.3 Å². The molecule has 106 valence electrons. The molecular formula is C12H19N3O3S. The standard InChI is InChI=1S/C12H19N3O3S/c1-9(4-5-19(3)18)14-11-6-10(13-2)7-12(8-11)15(16)17/h6-9,13-14H,4-5H2,1-3H3. The number of nitrogens with one attached hydrogen (secondary N) is 2. The van der Waals surface area contributed by atoms with Crippen LogP contribution in [0.15, 0.2) is 18.2 Å². The van der Waals surface area contributed by atoms with Crippen LogP contribution in [0.3, 0.4) is 0 Å². The Labute approximate surface area is 115 Å². The highest BCUT2D eigenvalue weighted by Crippen LogP contribution is 2.24. The van der Waals surface area contributed by atoms with Crippen LogP contribution in [0.5, 0.6) is 0 Å². The van der Waals surface area contributed by atoms with Crippen LogP contribution in [0.25, 0.3) is 0 Å². The molecule has 6 nitrogen and oxygen atoms in total. The maximum Gasteiger partial charge on any atom is 0.273 e. The van der Waals surface area contributed by atoms with Crippen molar-refractivity contribution in [3.8, 4) is 0 Å². The van der Waals surface area contributed by atoms with E-state index in [1.165, 1.54) is 12.1 Å². The zero-order chi connectivity index (χ0) is 14.4. The summed E-state index contributed by atoms with van der Waals surface area (Å²) in [5.74, 6) is 0.613. The Hall–Kier alpha value is -1.63. The van der Waals surface area contributed by atoms with Crippen LogP contribution in [0.2, 0.25) is 0 Å². The fourth-order valence-electron chi connectivity index (χ4n) is 1.64. The van der Waals surface area contributed by atoms with E-state index in [4.69, 9.17) is 0 Å². The average molecular weight is 285 g/mol.